The fourth-order valence-electron chi connectivity index (χ4n) is 3.19. The van der Waals surface area contributed by atoms with Crippen molar-refractivity contribution in [1.29, 1.82) is 0 Å². The fraction of sp³-hybridized carbons (Fsp3) is 0.882. The molecule has 2 fully saturated rings. The third-order valence-electron chi connectivity index (χ3n) is 4.55. The molecule has 24 heavy (non-hydrogen) atoms. The summed E-state index contributed by atoms with van der Waals surface area (Å²) in [5, 5.41) is 0. The SMILES string of the molecule is CC(C)(C)OC(=O)N1CCN(CCCN2CC(CN)CC2=O)CC1. The summed E-state index contributed by atoms with van der Waals surface area (Å²) < 4.78 is 5.41. The van der Waals surface area contributed by atoms with Crippen LogP contribution in [-0.4, -0.2) is 84.7 Å². The van der Waals surface area contributed by atoms with Gasteiger partial charge in [-0.15, -0.1) is 0 Å². The Morgan fingerprint density at radius 1 is 1.21 bits per heavy atom. The highest BCUT2D eigenvalue weighted by Crippen LogP contribution is 2.17. The minimum absolute atomic E-state index is 0.224. The van der Waals surface area contributed by atoms with Crippen LogP contribution in [0.2, 0.25) is 0 Å². The summed E-state index contributed by atoms with van der Waals surface area (Å²) in [6, 6.07) is 0. The molecular weight excluding hydrogens is 308 g/mol. The lowest BCUT2D eigenvalue weighted by atomic mass is 10.1. The largest absolute Gasteiger partial charge is 0.444 e. The number of rotatable bonds is 5. The van der Waals surface area contributed by atoms with Gasteiger partial charge in [-0.3, -0.25) is 9.69 Å². The summed E-state index contributed by atoms with van der Waals surface area (Å²) in [7, 11) is 0. The fourth-order valence-corrected chi connectivity index (χ4v) is 3.19. The van der Waals surface area contributed by atoms with Crippen molar-refractivity contribution in [1.82, 2.24) is 14.7 Å². The van der Waals surface area contributed by atoms with Crippen LogP contribution >= 0.6 is 0 Å². The molecule has 2 rings (SSSR count). The molecule has 0 bridgehead atoms. The van der Waals surface area contributed by atoms with Crippen LogP contribution in [0.3, 0.4) is 0 Å². The van der Waals surface area contributed by atoms with Crippen LogP contribution in [0.4, 0.5) is 4.79 Å². The van der Waals surface area contributed by atoms with E-state index in [1.165, 1.54) is 0 Å². The Morgan fingerprint density at radius 2 is 1.88 bits per heavy atom. The Balaban J connectivity index is 1.63. The molecule has 0 aliphatic carbocycles. The topological polar surface area (TPSA) is 79.1 Å². The Morgan fingerprint density at radius 3 is 2.42 bits per heavy atom. The van der Waals surface area contributed by atoms with E-state index in [-0.39, 0.29) is 12.0 Å². The number of carbonyl (C=O) groups is 2. The molecule has 0 aromatic rings. The first-order valence-corrected chi connectivity index (χ1v) is 8.96. The molecule has 0 saturated carbocycles. The van der Waals surface area contributed by atoms with E-state index >= 15 is 0 Å². The number of hydrogen-bond donors (Lipinski definition) is 1. The van der Waals surface area contributed by atoms with Crippen LogP contribution in [-0.2, 0) is 9.53 Å². The van der Waals surface area contributed by atoms with Gasteiger partial charge in [0.05, 0.1) is 0 Å². The van der Waals surface area contributed by atoms with Crippen molar-refractivity contribution >= 4 is 12.0 Å². The molecule has 2 amide bonds. The first-order valence-electron chi connectivity index (χ1n) is 8.96. The lowest BCUT2D eigenvalue weighted by Crippen LogP contribution is -2.50. The van der Waals surface area contributed by atoms with Crippen molar-refractivity contribution < 1.29 is 14.3 Å². The van der Waals surface area contributed by atoms with Crippen LogP contribution < -0.4 is 5.73 Å². The maximum absolute atomic E-state index is 12.0. The van der Waals surface area contributed by atoms with Gasteiger partial charge >= 0.3 is 6.09 Å². The number of carbonyl (C=O) groups excluding carboxylic acids is 2. The lowest BCUT2D eigenvalue weighted by molar-refractivity contribution is -0.127. The first-order chi connectivity index (χ1) is 11.3. The van der Waals surface area contributed by atoms with Crippen molar-refractivity contribution in [2.75, 3.05) is 52.4 Å². The average molecular weight is 340 g/mol. The molecule has 1 unspecified atom stereocenters. The highest BCUT2D eigenvalue weighted by molar-refractivity contribution is 5.78. The predicted molar refractivity (Wildman–Crippen MR) is 92.6 cm³/mol. The Labute approximate surface area is 145 Å². The lowest BCUT2D eigenvalue weighted by Gasteiger charge is -2.35. The van der Waals surface area contributed by atoms with E-state index in [0.717, 1.165) is 39.1 Å². The molecular formula is C17H32N4O3. The molecule has 2 saturated heterocycles. The summed E-state index contributed by atoms with van der Waals surface area (Å²) in [6.07, 6.45) is 1.35. The second-order valence-electron chi connectivity index (χ2n) is 7.81. The van der Waals surface area contributed by atoms with Crippen LogP contribution in [0.15, 0.2) is 0 Å². The van der Waals surface area contributed by atoms with E-state index in [1.807, 2.05) is 25.7 Å². The van der Waals surface area contributed by atoms with Crippen molar-refractivity contribution in [3.05, 3.63) is 0 Å². The summed E-state index contributed by atoms with van der Waals surface area (Å²) in [5.41, 5.74) is 5.20. The van der Waals surface area contributed by atoms with Crippen molar-refractivity contribution in [3.8, 4) is 0 Å². The second kappa shape index (κ2) is 8.16. The number of hydrogen-bond acceptors (Lipinski definition) is 5. The molecule has 0 aromatic heterocycles. The zero-order valence-electron chi connectivity index (χ0n) is 15.3. The summed E-state index contributed by atoms with van der Waals surface area (Å²) in [6.45, 7) is 11.9. The smallest absolute Gasteiger partial charge is 0.410 e. The standard InChI is InChI=1S/C17H32N4O3/c1-17(2,3)24-16(23)20-9-7-19(8-10-20)5-4-6-21-13-14(12-18)11-15(21)22/h14H,4-13,18H2,1-3H3. The third kappa shape index (κ3) is 5.63. The van der Waals surface area contributed by atoms with Crippen LogP contribution in [0.5, 0.6) is 0 Å². The number of nitrogens with zero attached hydrogens (tertiary/aromatic N) is 3. The van der Waals surface area contributed by atoms with E-state index in [1.54, 1.807) is 4.90 Å². The zero-order chi connectivity index (χ0) is 17.7. The Hall–Kier alpha value is -1.34. The van der Waals surface area contributed by atoms with Gasteiger partial charge in [-0.05, 0) is 46.2 Å². The average Bonchev–Trinajstić information content (AvgIpc) is 2.87. The molecule has 0 spiro atoms. The van der Waals surface area contributed by atoms with E-state index in [0.29, 0.717) is 32.0 Å². The maximum Gasteiger partial charge on any atom is 0.410 e. The Bertz CT molecular complexity index is 442. The maximum atomic E-state index is 12.0. The number of amides is 2. The van der Waals surface area contributed by atoms with Gasteiger partial charge in [-0.2, -0.15) is 0 Å². The summed E-state index contributed by atoms with van der Waals surface area (Å²) >= 11 is 0. The van der Waals surface area contributed by atoms with Crippen molar-refractivity contribution in [2.24, 2.45) is 11.7 Å². The van der Waals surface area contributed by atoms with Gasteiger partial charge in [-0.25, -0.2) is 4.79 Å². The minimum atomic E-state index is -0.447. The van der Waals surface area contributed by atoms with E-state index < -0.39 is 5.60 Å². The van der Waals surface area contributed by atoms with Gasteiger partial charge in [0.15, 0.2) is 0 Å². The highest BCUT2D eigenvalue weighted by Gasteiger charge is 2.29. The highest BCUT2D eigenvalue weighted by atomic mass is 16.6. The molecule has 7 heteroatoms. The molecule has 0 radical (unpaired) electrons. The minimum Gasteiger partial charge on any atom is -0.444 e. The third-order valence-corrected chi connectivity index (χ3v) is 4.55. The van der Waals surface area contributed by atoms with Gasteiger partial charge in [0, 0.05) is 45.7 Å². The van der Waals surface area contributed by atoms with Crippen LogP contribution in [0.1, 0.15) is 33.6 Å². The number of nitrogens with two attached hydrogens (primary N) is 1. The number of ether oxygens (including phenoxy) is 1. The zero-order valence-corrected chi connectivity index (χ0v) is 15.3. The van der Waals surface area contributed by atoms with E-state index in [2.05, 4.69) is 4.90 Å². The van der Waals surface area contributed by atoms with Gasteiger partial charge in [0.2, 0.25) is 5.91 Å². The summed E-state index contributed by atoms with van der Waals surface area (Å²) in [5.74, 6) is 0.565. The molecule has 2 aliphatic heterocycles. The monoisotopic (exact) mass is 340 g/mol. The van der Waals surface area contributed by atoms with Gasteiger partial charge in [-0.1, -0.05) is 0 Å². The molecule has 0 aromatic carbocycles. The van der Waals surface area contributed by atoms with E-state index in [4.69, 9.17) is 10.5 Å². The van der Waals surface area contributed by atoms with Crippen molar-refractivity contribution in [2.45, 2.75) is 39.2 Å². The van der Waals surface area contributed by atoms with Crippen LogP contribution in [0.25, 0.3) is 0 Å². The van der Waals surface area contributed by atoms with E-state index in [9.17, 15) is 9.59 Å². The van der Waals surface area contributed by atoms with Crippen molar-refractivity contribution in [3.63, 3.8) is 0 Å². The number of piperazine rings is 1. The molecule has 1 atom stereocenters. The van der Waals surface area contributed by atoms with Gasteiger partial charge in [0.1, 0.15) is 5.60 Å². The quantitative estimate of drug-likeness (QED) is 0.798. The summed E-state index contributed by atoms with van der Waals surface area (Å²) in [4.78, 5) is 30.0. The first kappa shape index (κ1) is 19.0. The van der Waals surface area contributed by atoms with Gasteiger partial charge < -0.3 is 20.3 Å². The predicted octanol–water partition coefficient (Wildman–Crippen LogP) is 0.736. The second-order valence-corrected chi connectivity index (χ2v) is 7.81. The Kier molecular flexibility index (Phi) is 6.46. The molecule has 2 heterocycles. The normalized spacial score (nSPS) is 23.0. The number of likely N-dealkylation sites (tertiary alicyclic amines) is 1. The molecule has 138 valence electrons. The molecule has 2 aliphatic rings. The van der Waals surface area contributed by atoms with Gasteiger partial charge in [0.25, 0.3) is 0 Å². The molecule has 2 N–H and O–H groups in total. The van der Waals surface area contributed by atoms with Crippen LogP contribution in [0, 0.1) is 5.92 Å². The molecule has 7 nitrogen and oxygen atoms in total.